The Bertz CT molecular complexity index is 445. The van der Waals surface area contributed by atoms with Crippen molar-refractivity contribution >= 4 is 11.7 Å². The summed E-state index contributed by atoms with van der Waals surface area (Å²) < 4.78 is 15.3. The number of methoxy groups -OCH3 is 3. The summed E-state index contributed by atoms with van der Waals surface area (Å²) >= 11 is 0. The molecule has 19 heavy (non-hydrogen) atoms. The van der Waals surface area contributed by atoms with Crippen molar-refractivity contribution in [2.24, 2.45) is 0 Å². The van der Waals surface area contributed by atoms with Crippen LogP contribution in [0.2, 0.25) is 0 Å². The largest absolute Gasteiger partial charge is 0.496 e. The van der Waals surface area contributed by atoms with Crippen LogP contribution in [0.3, 0.4) is 0 Å². The number of hydrogen-bond donors (Lipinski definition) is 0. The Labute approximate surface area is 114 Å². The number of nitrogens with zero attached hydrogens (tertiary/aromatic N) is 1. The van der Waals surface area contributed by atoms with Crippen LogP contribution in [0.25, 0.3) is 0 Å². The van der Waals surface area contributed by atoms with Crippen LogP contribution in [-0.4, -0.2) is 40.9 Å². The predicted molar refractivity (Wildman–Crippen MR) is 74.2 cm³/mol. The number of anilines is 1. The van der Waals surface area contributed by atoms with E-state index in [1.54, 1.807) is 14.2 Å². The van der Waals surface area contributed by atoms with Crippen molar-refractivity contribution in [1.82, 2.24) is 0 Å². The smallest absolute Gasteiger partial charge is 0.307 e. The number of hydrogen-bond acceptors (Lipinski definition) is 5. The van der Waals surface area contributed by atoms with Crippen LogP contribution in [0.15, 0.2) is 12.1 Å². The van der Waals surface area contributed by atoms with Crippen LogP contribution in [0.5, 0.6) is 11.5 Å². The monoisotopic (exact) mass is 267 g/mol. The standard InChI is InChI=1S/C14H21NO4/c1-10-8-13(18-4)11(9-12(10)17-3)15(2)7-6-14(16)19-5/h8-9H,6-7H2,1-5H3. The van der Waals surface area contributed by atoms with E-state index in [4.69, 9.17) is 9.47 Å². The predicted octanol–water partition coefficient (Wildman–Crippen LogP) is 2.01. The molecule has 0 N–H and O–H groups in total. The molecule has 0 aliphatic heterocycles. The fraction of sp³-hybridized carbons (Fsp3) is 0.500. The van der Waals surface area contributed by atoms with Crippen molar-refractivity contribution < 1.29 is 19.0 Å². The van der Waals surface area contributed by atoms with Crippen molar-refractivity contribution in [3.63, 3.8) is 0 Å². The number of carbonyl (C=O) groups excluding carboxylic acids is 1. The molecule has 106 valence electrons. The number of esters is 1. The van der Waals surface area contributed by atoms with Crippen LogP contribution in [0.4, 0.5) is 5.69 Å². The minimum Gasteiger partial charge on any atom is -0.496 e. The molecule has 5 heteroatoms. The van der Waals surface area contributed by atoms with Gasteiger partial charge in [0.25, 0.3) is 0 Å². The van der Waals surface area contributed by atoms with E-state index in [0.717, 1.165) is 22.7 Å². The van der Waals surface area contributed by atoms with Gasteiger partial charge in [0.05, 0.1) is 33.4 Å². The lowest BCUT2D eigenvalue weighted by atomic mass is 10.1. The molecule has 0 atom stereocenters. The van der Waals surface area contributed by atoms with E-state index in [0.29, 0.717) is 13.0 Å². The molecule has 0 spiro atoms. The lowest BCUT2D eigenvalue weighted by molar-refractivity contribution is -0.140. The Morgan fingerprint density at radius 1 is 1.16 bits per heavy atom. The summed E-state index contributed by atoms with van der Waals surface area (Å²) in [6.45, 7) is 2.51. The summed E-state index contributed by atoms with van der Waals surface area (Å²) in [6, 6.07) is 3.83. The molecular formula is C14H21NO4. The minimum atomic E-state index is -0.232. The molecule has 0 bridgehead atoms. The first kappa shape index (κ1) is 15.1. The van der Waals surface area contributed by atoms with E-state index in [1.807, 2.05) is 31.0 Å². The van der Waals surface area contributed by atoms with Crippen LogP contribution in [0, 0.1) is 6.92 Å². The number of benzene rings is 1. The summed E-state index contributed by atoms with van der Waals surface area (Å²) in [5, 5.41) is 0. The Morgan fingerprint density at radius 3 is 2.32 bits per heavy atom. The molecule has 0 saturated heterocycles. The molecule has 0 amide bonds. The average molecular weight is 267 g/mol. The number of aryl methyl sites for hydroxylation is 1. The van der Waals surface area contributed by atoms with Gasteiger partial charge in [0.2, 0.25) is 0 Å². The van der Waals surface area contributed by atoms with Gasteiger partial charge in [-0.1, -0.05) is 0 Å². The SMILES string of the molecule is COC(=O)CCN(C)c1cc(OC)c(C)cc1OC. The number of rotatable bonds is 6. The third-order valence-electron chi connectivity index (χ3n) is 2.99. The van der Waals surface area contributed by atoms with E-state index in [9.17, 15) is 4.79 Å². The summed E-state index contributed by atoms with van der Waals surface area (Å²) in [6.07, 6.45) is 0.326. The second-order valence-electron chi connectivity index (χ2n) is 4.24. The first-order chi connectivity index (χ1) is 9.03. The molecular weight excluding hydrogens is 246 g/mol. The van der Waals surface area contributed by atoms with E-state index in [-0.39, 0.29) is 5.97 Å². The highest BCUT2D eigenvalue weighted by atomic mass is 16.5. The van der Waals surface area contributed by atoms with Crippen LogP contribution in [0.1, 0.15) is 12.0 Å². The normalized spacial score (nSPS) is 9.95. The molecule has 0 radical (unpaired) electrons. The third kappa shape index (κ3) is 3.77. The fourth-order valence-corrected chi connectivity index (χ4v) is 1.81. The van der Waals surface area contributed by atoms with Crippen molar-refractivity contribution in [2.45, 2.75) is 13.3 Å². The molecule has 1 aromatic rings. The van der Waals surface area contributed by atoms with Gasteiger partial charge >= 0.3 is 5.97 Å². The van der Waals surface area contributed by atoms with Crippen molar-refractivity contribution in [3.8, 4) is 11.5 Å². The molecule has 1 rings (SSSR count). The van der Waals surface area contributed by atoms with E-state index in [1.165, 1.54) is 7.11 Å². The molecule has 0 aromatic heterocycles. The number of carbonyl (C=O) groups is 1. The van der Waals surface area contributed by atoms with Crippen molar-refractivity contribution in [3.05, 3.63) is 17.7 Å². The maximum Gasteiger partial charge on any atom is 0.307 e. The van der Waals surface area contributed by atoms with Gasteiger partial charge in [-0.2, -0.15) is 0 Å². The van der Waals surface area contributed by atoms with Gasteiger partial charge in [0, 0.05) is 19.7 Å². The minimum absolute atomic E-state index is 0.232. The summed E-state index contributed by atoms with van der Waals surface area (Å²) in [5.74, 6) is 1.32. The van der Waals surface area contributed by atoms with Gasteiger partial charge in [-0.05, 0) is 18.6 Å². The zero-order chi connectivity index (χ0) is 14.4. The maximum atomic E-state index is 11.2. The zero-order valence-corrected chi connectivity index (χ0v) is 12.1. The van der Waals surface area contributed by atoms with E-state index >= 15 is 0 Å². The van der Waals surface area contributed by atoms with Crippen molar-refractivity contribution in [1.29, 1.82) is 0 Å². The second-order valence-corrected chi connectivity index (χ2v) is 4.24. The Morgan fingerprint density at radius 2 is 1.79 bits per heavy atom. The molecule has 0 saturated carbocycles. The molecule has 0 unspecified atom stereocenters. The van der Waals surface area contributed by atoms with Gasteiger partial charge in [0.15, 0.2) is 0 Å². The van der Waals surface area contributed by atoms with Gasteiger partial charge in [-0.15, -0.1) is 0 Å². The van der Waals surface area contributed by atoms with Gasteiger partial charge in [-0.25, -0.2) is 0 Å². The highest BCUT2D eigenvalue weighted by molar-refractivity contribution is 5.71. The van der Waals surface area contributed by atoms with Crippen molar-refractivity contribution in [2.75, 3.05) is 39.8 Å². The van der Waals surface area contributed by atoms with E-state index in [2.05, 4.69) is 4.74 Å². The quantitative estimate of drug-likeness (QED) is 0.738. The summed E-state index contributed by atoms with van der Waals surface area (Å²) in [7, 11) is 6.54. The lowest BCUT2D eigenvalue weighted by Crippen LogP contribution is -2.22. The summed E-state index contributed by atoms with van der Waals surface area (Å²) in [5.41, 5.74) is 1.89. The highest BCUT2D eigenvalue weighted by Crippen LogP contribution is 2.34. The molecule has 0 aliphatic rings. The Hall–Kier alpha value is -1.91. The third-order valence-corrected chi connectivity index (χ3v) is 2.99. The topological polar surface area (TPSA) is 48.0 Å². The molecule has 0 fully saturated rings. The summed E-state index contributed by atoms with van der Waals surface area (Å²) in [4.78, 5) is 13.1. The maximum absolute atomic E-state index is 11.2. The second kappa shape index (κ2) is 6.87. The fourth-order valence-electron chi connectivity index (χ4n) is 1.81. The van der Waals surface area contributed by atoms with E-state index < -0.39 is 0 Å². The van der Waals surface area contributed by atoms with Gasteiger partial charge in [0.1, 0.15) is 11.5 Å². The Kier molecular flexibility index (Phi) is 5.48. The van der Waals surface area contributed by atoms with Crippen LogP contribution in [-0.2, 0) is 9.53 Å². The highest BCUT2D eigenvalue weighted by Gasteiger charge is 2.13. The number of ether oxygens (including phenoxy) is 3. The first-order valence-electron chi connectivity index (χ1n) is 6.04. The van der Waals surface area contributed by atoms with Crippen LogP contribution < -0.4 is 14.4 Å². The lowest BCUT2D eigenvalue weighted by Gasteiger charge is -2.22. The molecule has 5 nitrogen and oxygen atoms in total. The van der Waals surface area contributed by atoms with Gasteiger partial charge in [-0.3, -0.25) is 4.79 Å². The van der Waals surface area contributed by atoms with Crippen LogP contribution >= 0.6 is 0 Å². The molecule has 0 aliphatic carbocycles. The molecule has 1 aromatic carbocycles. The zero-order valence-electron chi connectivity index (χ0n) is 12.1. The molecule has 0 heterocycles. The Balaban J connectivity index is 2.93. The average Bonchev–Trinajstić information content (AvgIpc) is 2.43. The first-order valence-corrected chi connectivity index (χ1v) is 6.04. The van der Waals surface area contributed by atoms with Gasteiger partial charge < -0.3 is 19.1 Å².